The minimum absolute atomic E-state index is 0.443. The molecule has 0 radical (unpaired) electrons. The standard InChI is InChI=1S/C20H20N6O/c1-15-2-4-16(5-3-15)20-23-19(27-24-20)14-25-8-10-26(11-9-25)18-7-6-17(12-21)22-13-18/h2-7,13H,8-11,14H2,1H3. The van der Waals surface area contributed by atoms with Gasteiger partial charge < -0.3 is 9.42 Å². The smallest absolute Gasteiger partial charge is 0.241 e. The third-order valence-electron chi connectivity index (χ3n) is 4.74. The summed E-state index contributed by atoms with van der Waals surface area (Å²) >= 11 is 0. The Morgan fingerprint density at radius 3 is 2.52 bits per heavy atom. The Kier molecular flexibility index (Phi) is 4.81. The van der Waals surface area contributed by atoms with Crippen molar-refractivity contribution in [3.8, 4) is 17.5 Å². The van der Waals surface area contributed by atoms with Crippen LogP contribution >= 0.6 is 0 Å². The van der Waals surface area contributed by atoms with E-state index in [0.717, 1.165) is 37.4 Å². The highest BCUT2D eigenvalue weighted by molar-refractivity contribution is 5.54. The van der Waals surface area contributed by atoms with E-state index in [1.54, 1.807) is 12.3 Å². The number of aryl methyl sites for hydroxylation is 1. The van der Waals surface area contributed by atoms with Gasteiger partial charge in [-0.05, 0) is 19.1 Å². The van der Waals surface area contributed by atoms with Gasteiger partial charge in [0, 0.05) is 31.7 Å². The van der Waals surface area contributed by atoms with Gasteiger partial charge in [-0.2, -0.15) is 10.2 Å². The van der Waals surface area contributed by atoms with Crippen LogP contribution in [-0.4, -0.2) is 46.2 Å². The van der Waals surface area contributed by atoms with E-state index in [9.17, 15) is 0 Å². The van der Waals surface area contributed by atoms with E-state index in [0.29, 0.717) is 24.0 Å². The van der Waals surface area contributed by atoms with Gasteiger partial charge in [-0.3, -0.25) is 4.90 Å². The van der Waals surface area contributed by atoms with Crippen LogP contribution in [-0.2, 0) is 6.54 Å². The predicted molar refractivity (Wildman–Crippen MR) is 101 cm³/mol. The Balaban J connectivity index is 1.34. The first-order valence-corrected chi connectivity index (χ1v) is 8.94. The molecule has 3 heterocycles. The van der Waals surface area contributed by atoms with Crippen molar-refractivity contribution in [1.29, 1.82) is 5.26 Å². The molecule has 0 saturated carbocycles. The lowest BCUT2D eigenvalue weighted by Gasteiger charge is -2.35. The average molecular weight is 360 g/mol. The molecule has 0 bridgehead atoms. The topological polar surface area (TPSA) is 82.1 Å². The lowest BCUT2D eigenvalue weighted by atomic mass is 10.1. The van der Waals surface area contributed by atoms with E-state index in [1.165, 1.54) is 5.56 Å². The monoisotopic (exact) mass is 360 g/mol. The molecule has 1 aliphatic rings. The van der Waals surface area contributed by atoms with Crippen LogP contribution < -0.4 is 4.90 Å². The molecule has 1 aromatic carbocycles. The molecular weight excluding hydrogens is 340 g/mol. The van der Waals surface area contributed by atoms with Crippen molar-refractivity contribution in [2.75, 3.05) is 31.1 Å². The summed E-state index contributed by atoms with van der Waals surface area (Å²) in [5.74, 6) is 1.27. The van der Waals surface area contributed by atoms with Gasteiger partial charge in [0.25, 0.3) is 0 Å². The van der Waals surface area contributed by atoms with Crippen molar-refractivity contribution in [1.82, 2.24) is 20.0 Å². The molecule has 0 atom stereocenters. The van der Waals surface area contributed by atoms with E-state index >= 15 is 0 Å². The molecule has 7 nitrogen and oxygen atoms in total. The third-order valence-corrected chi connectivity index (χ3v) is 4.74. The molecule has 1 fully saturated rings. The van der Waals surface area contributed by atoms with Crippen LogP contribution in [0.5, 0.6) is 0 Å². The largest absolute Gasteiger partial charge is 0.368 e. The summed E-state index contributed by atoms with van der Waals surface area (Å²) < 4.78 is 5.43. The van der Waals surface area contributed by atoms with Crippen molar-refractivity contribution in [3.63, 3.8) is 0 Å². The van der Waals surface area contributed by atoms with Crippen molar-refractivity contribution >= 4 is 5.69 Å². The van der Waals surface area contributed by atoms with Gasteiger partial charge in [0.1, 0.15) is 11.8 Å². The first-order chi connectivity index (χ1) is 13.2. The molecule has 0 unspecified atom stereocenters. The summed E-state index contributed by atoms with van der Waals surface area (Å²) in [5.41, 5.74) is 3.66. The van der Waals surface area contributed by atoms with E-state index < -0.39 is 0 Å². The summed E-state index contributed by atoms with van der Waals surface area (Å²) in [6.45, 7) is 6.31. The summed E-state index contributed by atoms with van der Waals surface area (Å²) in [5, 5.41) is 13.0. The average Bonchev–Trinajstić information content (AvgIpc) is 3.18. The third kappa shape index (κ3) is 3.96. The Bertz CT molecular complexity index is 934. The molecule has 0 spiro atoms. The van der Waals surface area contributed by atoms with Gasteiger partial charge in [-0.1, -0.05) is 35.0 Å². The molecule has 27 heavy (non-hydrogen) atoms. The van der Waals surface area contributed by atoms with Crippen LogP contribution in [0.15, 0.2) is 47.1 Å². The molecule has 1 saturated heterocycles. The minimum atomic E-state index is 0.443. The molecule has 7 heteroatoms. The van der Waals surface area contributed by atoms with Crippen molar-refractivity contribution in [2.24, 2.45) is 0 Å². The number of pyridine rings is 1. The number of piperazine rings is 1. The quantitative estimate of drug-likeness (QED) is 0.707. The fourth-order valence-corrected chi connectivity index (χ4v) is 3.13. The molecule has 4 rings (SSSR count). The molecular formula is C20H20N6O. The zero-order valence-electron chi connectivity index (χ0n) is 15.2. The Morgan fingerprint density at radius 2 is 1.85 bits per heavy atom. The maximum absolute atomic E-state index is 8.85. The van der Waals surface area contributed by atoms with E-state index in [-0.39, 0.29) is 0 Å². The van der Waals surface area contributed by atoms with Crippen molar-refractivity contribution in [2.45, 2.75) is 13.5 Å². The highest BCUT2D eigenvalue weighted by atomic mass is 16.5. The van der Waals surface area contributed by atoms with Crippen LogP contribution in [0.4, 0.5) is 5.69 Å². The van der Waals surface area contributed by atoms with Crippen LogP contribution in [0.2, 0.25) is 0 Å². The number of aromatic nitrogens is 3. The van der Waals surface area contributed by atoms with Crippen molar-refractivity contribution in [3.05, 3.63) is 59.7 Å². The highest BCUT2D eigenvalue weighted by Gasteiger charge is 2.20. The van der Waals surface area contributed by atoms with Gasteiger partial charge in [-0.25, -0.2) is 4.98 Å². The number of nitrogens with zero attached hydrogens (tertiary/aromatic N) is 6. The van der Waals surface area contributed by atoms with Crippen LogP contribution in [0.1, 0.15) is 17.1 Å². The second kappa shape index (κ2) is 7.56. The number of nitriles is 1. The van der Waals surface area contributed by atoms with Gasteiger partial charge >= 0.3 is 0 Å². The van der Waals surface area contributed by atoms with Gasteiger partial charge in [0.2, 0.25) is 11.7 Å². The molecule has 0 amide bonds. The van der Waals surface area contributed by atoms with Crippen LogP contribution in [0.3, 0.4) is 0 Å². The lowest BCUT2D eigenvalue weighted by molar-refractivity contribution is 0.215. The van der Waals surface area contributed by atoms with E-state index in [1.807, 2.05) is 36.4 Å². The molecule has 2 aromatic heterocycles. The number of benzene rings is 1. The van der Waals surface area contributed by atoms with Crippen molar-refractivity contribution < 1.29 is 4.52 Å². The first kappa shape index (κ1) is 17.2. The number of rotatable bonds is 4. The SMILES string of the molecule is Cc1ccc(-c2noc(CN3CCN(c4ccc(C#N)nc4)CC3)n2)cc1. The summed E-state index contributed by atoms with van der Waals surface area (Å²) in [6.07, 6.45) is 1.76. The molecule has 0 N–H and O–H groups in total. The maximum atomic E-state index is 8.85. The van der Waals surface area contributed by atoms with Crippen LogP contribution in [0.25, 0.3) is 11.4 Å². The predicted octanol–water partition coefficient (Wildman–Crippen LogP) is 2.63. The lowest BCUT2D eigenvalue weighted by Crippen LogP contribution is -2.46. The summed E-state index contributed by atoms with van der Waals surface area (Å²) in [4.78, 5) is 13.3. The molecule has 1 aliphatic heterocycles. The highest BCUT2D eigenvalue weighted by Crippen LogP contribution is 2.19. The molecule has 3 aromatic rings. The van der Waals surface area contributed by atoms with Gasteiger partial charge in [-0.15, -0.1) is 0 Å². The van der Waals surface area contributed by atoms with E-state index in [2.05, 4.69) is 31.8 Å². The Hall–Kier alpha value is -3.24. The normalized spacial score (nSPS) is 14.9. The van der Waals surface area contributed by atoms with Crippen LogP contribution in [0, 0.1) is 18.3 Å². The maximum Gasteiger partial charge on any atom is 0.241 e. The van der Waals surface area contributed by atoms with E-state index in [4.69, 9.17) is 9.78 Å². The van der Waals surface area contributed by atoms with Gasteiger partial charge in [0.05, 0.1) is 18.4 Å². The second-order valence-corrected chi connectivity index (χ2v) is 6.65. The summed E-state index contributed by atoms with van der Waals surface area (Å²) in [7, 11) is 0. The Labute approximate surface area is 157 Å². The molecule has 136 valence electrons. The number of hydrogen-bond acceptors (Lipinski definition) is 7. The fourth-order valence-electron chi connectivity index (χ4n) is 3.13. The minimum Gasteiger partial charge on any atom is -0.368 e. The van der Waals surface area contributed by atoms with Gasteiger partial charge in [0.15, 0.2) is 0 Å². The molecule has 0 aliphatic carbocycles. The number of anilines is 1. The second-order valence-electron chi connectivity index (χ2n) is 6.65. The number of hydrogen-bond donors (Lipinski definition) is 0. The fraction of sp³-hybridized carbons (Fsp3) is 0.300. The zero-order valence-corrected chi connectivity index (χ0v) is 15.2. The Morgan fingerprint density at radius 1 is 1.07 bits per heavy atom. The first-order valence-electron chi connectivity index (χ1n) is 8.94. The zero-order chi connectivity index (χ0) is 18.6. The summed E-state index contributed by atoms with van der Waals surface area (Å²) in [6, 6.07) is 13.9.